The molecular weight excluding hydrogens is 532 g/mol. The van der Waals surface area contributed by atoms with Gasteiger partial charge < -0.3 is 0 Å². The monoisotopic (exact) mass is 548 g/mol. The SMILES string of the molecule is Brc1ccc2c(c1)C1(c3cc(Br)ccc3C=C2)c2ccccc2-c2c1ccc1ccccc21. The minimum absolute atomic E-state index is 0.405. The van der Waals surface area contributed by atoms with Gasteiger partial charge in [0.05, 0.1) is 5.41 Å². The highest BCUT2D eigenvalue weighted by Gasteiger charge is 2.49. The maximum absolute atomic E-state index is 3.79. The van der Waals surface area contributed by atoms with E-state index in [1.165, 1.54) is 55.3 Å². The third-order valence-corrected chi connectivity index (χ3v) is 8.20. The Kier molecular flexibility index (Phi) is 4.16. The molecule has 5 aromatic carbocycles. The zero-order valence-electron chi connectivity index (χ0n) is 17.6. The van der Waals surface area contributed by atoms with Crippen molar-refractivity contribution in [3.05, 3.63) is 139 Å². The zero-order valence-corrected chi connectivity index (χ0v) is 20.8. The molecule has 156 valence electrons. The molecule has 0 heterocycles. The van der Waals surface area contributed by atoms with E-state index in [0.717, 1.165) is 8.95 Å². The average Bonchev–Trinajstić information content (AvgIpc) is 3.07. The summed E-state index contributed by atoms with van der Waals surface area (Å²) >= 11 is 7.57. The van der Waals surface area contributed by atoms with Gasteiger partial charge in [0.2, 0.25) is 0 Å². The van der Waals surface area contributed by atoms with Crippen LogP contribution in [0.3, 0.4) is 0 Å². The van der Waals surface area contributed by atoms with Gasteiger partial charge in [0.15, 0.2) is 0 Å². The van der Waals surface area contributed by atoms with Crippen LogP contribution in [0, 0.1) is 0 Å². The first-order valence-corrected chi connectivity index (χ1v) is 12.7. The lowest BCUT2D eigenvalue weighted by Gasteiger charge is -2.35. The number of benzene rings is 5. The molecule has 2 heteroatoms. The van der Waals surface area contributed by atoms with E-state index in [9.17, 15) is 0 Å². The van der Waals surface area contributed by atoms with Crippen molar-refractivity contribution in [3.63, 3.8) is 0 Å². The van der Waals surface area contributed by atoms with Crippen molar-refractivity contribution in [1.82, 2.24) is 0 Å². The van der Waals surface area contributed by atoms with E-state index in [-0.39, 0.29) is 0 Å². The summed E-state index contributed by atoms with van der Waals surface area (Å²) in [5.74, 6) is 0. The highest BCUT2D eigenvalue weighted by atomic mass is 79.9. The minimum Gasteiger partial charge on any atom is -0.0619 e. The van der Waals surface area contributed by atoms with Crippen LogP contribution >= 0.6 is 31.9 Å². The topological polar surface area (TPSA) is 0 Å². The van der Waals surface area contributed by atoms with Gasteiger partial charge in [-0.1, -0.05) is 117 Å². The van der Waals surface area contributed by atoms with Crippen LogP contribution in [0.5, 0.6) is 0 Å². The van der Waals surface area contributed by atoms with Crippen molar-refractivity contribution in [1.29, 1.82) is 0 Å². The fourth-order valence-electron chi connectivity index (χ4n) is 5.95. The molecule has 1 spiro atoms. The summed E-state index contributed by atoms with van der Waals surface area (Å²) in [6, 6.07) is 35.8. The molecule has 0 N–H and O–H groups in total. The van der Waals surface area contributed by atoms with Crippen LogP contribution < -0.4 is 0 Å². The molecule has 0 unspecified atom stereocenters. The van der Waals surface area contributed by atoms with Crippen molar-refractivity contribution in [2.75, 3.05) is 0 Å². The molecule has 0 saturated carbocycles. The van der Waals surface area contributed by atoms with Gasteiger partial charge in [0, 0.05) is 8.95 Å². The van der Waals surface area contributed by atoms with E-state index >= 15 is 0 Å². The molecule has 0 amide bonds. The van der Waals surface area contributed by atoms with Gasteiger partial charge in [-0.3, -0.25) is 0 Å². The van der Waals surface area contributed by atoms with Crippen LogP contribution in [-0.4, -0.2) is 0 Å². The first-order chi connectivity index (χ1) is 16.2. The fourth-order valence-corrected chi connectivity index (χ4v) is 6.67. The Balaban J connectivity index is 1.77. The lowest BCUT2D eigenvalue weighted by molar-refractivity contribution is 0.765. The summed E-state index contributed by atoms with van der Waals surface area (Å²) < 4.78 is 2.19. The second-order valence-corrected chi connectivity index (χ2v) is 10.6. The summed E-state index contributed by atoms with van der Waals surface area (Å²) in [4.78, 5) is 0. The van der Waals surface area contributed by atoms with Crippen LogP contribution in [0.2, 0.25) is 0 Å². The van der Waals surface area contributed by atoms with Crippen LogP contribution in [0.4, 0.5) is 0 Å². The van der Waals surface area contributed by atoms with Crippen LogP contribution in [0.15, 0.2) is 106 Å². The van der Waals surface area contributed by atoms with Gasteiger partial charge in [0.1, 0.15) is 0 Å². The second-order valence-electron chi connectivity index (χ2n) is 8.80. The van der Waals surface area contributed by atoms with Gasteiger partial charge >= 0.3 is 0 Å². The van der Waals surface area contributed by atoms with Gasteiger partial charge in [-0.25, -0.2) is 0 Å². The third-order valence-electron chi connectivity index (χ3n) is 7.21. The Bertz CT molecular complexity index is 1590. The summed E-state index contributed by atoms with van der Waals surface area (Å²) in [7, 11) is 0. The molecular formula is C31H18Br2. The van der Waals surface area contributed by atoms with Crippen molar-refractivity contribution in [2.45, 2.75) is 5.41 Å². The molecule has 33 heavy (non-hydrogen) atoms. The van der Waals surface area contributed by atoms with Crippen LogP contribution in [0.25, 0.3) is 34.1 Å². The standard InChI is InChI=1S/C31H18Br2/c32-22-14-11-20-9-10-21-12-15-23(33)18-29(21)31(28(20)17-22)26-8-4-3-7-25(26)30-24-6-2-1-5-19(24)13-16-27(30)31/h1-18H. The van der Waals surface area contributed by atoms with Gasteiger partial charge in [-0.05, 0) is 79.5 Å². The molecule has 2 aliphatic rings. The summed E-state index contributed by atoms with van der Waals surface area (Å²) in [6.45, 7) is 0. The molecule has 7 rings (SSSR count). The smallest absolute Gasteiger partial charge is 0.0619 e. The molecule has 0 bridgehead atoms. The molecule has 0 nitrogen and oxygen atoms in total. The lowest BCUT2D eigenvalue weighted by atomic mass is 9.66. The zero-order chi connectivity index (χ0) is 22.2. The quantitative estimate of drug-likeness (QED) is 0.177. The molecule has 2 aliphatic carbocycles. The van der Waals surface area contributed by atoms with Crippen molar-refractivity contribution >= 4 is 54.8 Å². The number of hydrogen-bond donors (Lipinski definition) is 0. The first-order valence-electron chi connectivity index (χ1n) is 11.1. The number of halogens is 2. The van der Waals surface area contributed by atoms with Crippen molar-refractivity contribution in [3.8, 4) is 11.1 Å². The van der Waals surface area contributed by atoms with E-state index in [0.29, 0.717) is 0 Å². The second kappa shape index (κ2) is 7.03. The van der Waals surface area contributed by atoms with Crippen molar-refractivity contribution in [2.24, 2.45) is 0 Å². The Hall–Kier alpha value is -2.94. The number of hydrogen-bond acceptors (Lipinski definition) is 0. The Labute approximate surface area is 209 Å². The van der Waals surface area contributed by atoms with E-state index in [4.69, 9.17) is 0 Å². The fraction of sp³-hybridized carbons (Fsp3) is 0.0323. The minimum atomic E-state index is -0.405. The van der Waals surface area contributed by atoms with Crippen LogP contribution in [-0.2, 0) is 5.41 Å². The Morgan fingerprint density at radius 3 is 1.88 bits per heavy atom. The van der Waals surface area contributed by atoms with E-state index in [1.54, 1.807) is 0 Å². The van der Waals surface area contributed by atoms with Gasteiger partial charge in [-0.2, -0.15) is 0 Å². The van der Waals surface area contributed by atoms with Gasteiger partial charge in [0.25, 0.3) is 0 Å². The van der Waals surface area contributed by atoms with E-state index in [1.807, 2.05) is 0 Å². The summed E-state index contributed by atoms with van der Waals surface area (Å²) in [5.41, 5.74) is 10.1. The maximum atomic E-state index is 3.79. The molecule has 0 fully saturated rings. The third kappa shape index (κ3) is 2.57. The maximum Gasteiger partial charge on any atom is 0.0726 e. The molecule has 0 radical (unpaired) electrons. The molecule has 0 aromatic heterocycles. The number of fused-ring (bicyclic) bond motifs is 11. The molecule has 0 saturated heterocycles. The molecule has 5 aromatic rings. The summed E-state index contributed by atoms with van der Waals surface area (Å²) in [6.07, 6.45) is 4.54. The predicted octanol–water partition coefficient (Wildman–Crippen LogP) is 9.21. The lowest BCUT2D eigenvalue weighted by Crippen LogP contribution is -2.30. The van der Waals surface area contributed by atoms with E-state index in [2.05, 4.69) is 141 Å². The van der Waals surface area contributed by atoms with E-state index < -0.39 is 5.41 Å². The predicted molar refractivity (Wildman–Crippen MR) is 146 cm³/mol. The molecule has 0 aliphatic heterocycles. The van der Waals surface area contributed by atoms with Crippen molar-refractivity contribution < 1.29 is 0 Å². The largest absolute Gasteiger partial charge is 0.0726 e. The Morgan fingerprint density at radius 2 is 1.15 bits per heavy atom. The average molecular weight is 550 g/mol. The highest BCUT2D eigenvalue weighted by Crippen LogP contribution is 2.60. The van der Waals surface area contributed by atoms with Crippen LogP contribution in [0.1, 0.15) is 33.4 Å². The van der Waals surface area contributed by atoms with Gasteiger partial charge in [-0.15, -0.1) is 0 Å². The normalized spacial score (nSPS) is 14.5. The highest BCUT2D eigenvalue weighted by molar-refractivity contribution is 9.10. The molecule has 0 atom stereocenters. The number of rotatable bonds is 0. The summed E-state index contributed by atoms with van der Waals surface area (Å²) in [5, 5.41) is 2.59. The first kappa shape index (κ1) is 19.5. The Morgan fingerprint density at radius 1 is 0.515 bits per heavy atom.